The van der Waals surface area contributed by atoms with Gasteiger partial charge >= 0.3 is 0 Å². The number of halogens is 3. The lowest BCUT2D eigenvalue weighted by atomic mass is 9.76. The lowest BCUT2D eigenvalue weighted by molar-refractivity contribution is -0.119. The Morgan fingerprint density at radius 1 is 1.09 bits per heavy atom. The molecule has 1 aliphatic rings. The smallest absolute Gasteiger partial charge is 0.209 e. The van der Waals surface area contributed by atoms with Crippen LogP contribution in [0.2, 0.25) is 10.0 Å². The molecule has 0 saturated carbocycles. The zero-order valence-corrected chi connectivity index (χ0v) is 15.7. The Morgan fingerprint density at radius 3 is 2.57 bits per heavy atom. The average molecular weight is 413 g/mol. The van der Waals surface area contributed by atoms with Crippen molar-refractivity contribution in [1.82, 2.24) is 4.90 Å². The first-order valence-corrected chi connectivity index (χ1v) is 8.97. The molecule has 0 spiro atoms. The summed E-state index contributed by atoms with van der Waals surface area (Å²) in [6.45, 7) is 0. The molecular formula is C18H16BrCl2NO. The largest absolute Gasteiger partial charge is 0.341 e. The van der Waals surface area contributed by atoms with Crippen molar-refractivity contribution in [2.75, 3.05) is 7.05 Å². The summed E-state index contributed by atoms with van der Waals surface area (Å²) in [6.07, 6.45) is 2.79. The maximum atomic E-state index is 11.2. The number of benzene rings is 2. The van der Waals surface area contributed by atoms with Gasteiger partial charge in [-0.2, -0.15) is 0 Å². The molecule has 0 fully saturated rings. The molecule has 5 heteroatoms. The van der Waals surface area contributed by atoms with Crippen LogP contribution < -0.4 is 0 Å². The van der Waals surface area contributed by atoms with Crippen LogP contribution >= 0.6 is 39.1 Å². The fraction of sp³-hybridized carbons (Fsp3) is 0.278. The normalized spacial score (nSPS) is 20.0. The third-order valence-corrected chi connectivity index (χ3v) is 5.75. The molecule has 1 amide bonds. The Labute approximate surface area is 154 Å². The summed E-state index contributed by atoms with van der Waals surface area (Å²) in [7, 11) is 1.84. The fourth-order valence-electron chi connectivity index (χ4n) is 3.36. The Balaban J connectivity index is 2.07. The van der Waals surface area contributed by atoms with Crippen LogP contribution in [-0.2, 0) is 4.79 Å². The van der Waals surface area contributed by atoms with E-state index in [4.69, 9.17) is 23.2 Å². The van der Waals surface area contributed by atoms with Gasteiger partial charge in [-0.3, -0.25) is 4.79 Å². The Morgan fingerprint density at radius 2 is 1.87 bits per heavy atom. The SMILES string of the molecule is CN(C=O)[C@@H]1CC[C@@H](c2ccc(Cl)c(Cl)c2)c2ccc(Br)cc21. The number of carbonyl (C=O) groups excluding carboxylic acids is 1. The van der Waals surface area contributed by atoms with E-state index in [-0.39, 0.29) is 12.0 Å². The van der Waals surface area contributed by atoms with Crippen molar-refractivity contribution in [1.29, 1.82) is 0 Å². The molecule has 0 saturated heterocycles. The number of amides is 1. The number of hydrogen-bond donors (Lipinski definition) is 0. The van der Waals surface area contributed by atoms with Crippen molar-refractivity contribution in [3.63, 3.8) is 0 Å². The predicted octanol–water partition coefficient (Wildman–Crippen LogP) is 5.81. The van der Waals surface area contributed by atoms with Crippen LogP contribution in [-0.4, -0.2) is 18.4 Å². The lowest BCUT2D eigenvalue weighted by Crippen LogP contribution is -2.28. The van der Waals surface area contributed by atoms with E-state index in [1.807, 2.05) is 31.3 Å². The van der Waals surface area contributed by atoms with E-state index in [1.165, 1.54) is 11.1 Å². The van der Waals surface area contributed by atoms with Crippen molar-refractivity contribution in [2.24, 2.45) is 0 Å². The van der Waals surface area contributed by atoms with Crippen LogP contribution in [0.4, 0.5) is 0 Å². The van der Waals surface area contributed by atoms with Gasteiger partial charge in [-0.1, -0.05) is 51.3 Å². The van der Waals surface area contributed by atoms with Crippen LogP contribution in [0.25, 0.3) is 0 Å². The van der Waals surface area contributed by atoms with Gasteiger partial charge in [0.15, 0.2) is 0 Å². The molecule has 3 rings (SSSR count). The minimum Gasteiger partial charge on any atom is -0.341 e. The molecule has 0 bridgehead atoms. The summed E-state index contributed by atoms with van der Waals surface area (Å²) in [5.74, 6) is 0.268. The van der Waals surface area contributed by atoms with Gasteiger partial charge in [0.05, 0.1) is 16.1 Å². The summed E-state index contributed by atoms with van der Waals surface area (Å²) in [5, 5.41) is 1.15. The van der Waals surface area contributed by atoms with Gasteiger partial charge in [-0.15, -0.1) is 0 Å². The topological polar surface area (TPSA) is 20.3 Å². The zero-order valence-electron chi connectivity index (χ0n) is 12.6. The first-order valence-electron chi connectivity index (χ1n) is 7.42. The van der Waals surface area contributed by atoms with Crippen molar-refractivity contribution in [2.45, 2.75) is 24.8 Å². The summed E-state index contributed by atoms with van der Waals surface area (Å²) in [5.41, 5.74) is 3.60. The second-order valence-corrected chi connectivity index (χ2v) is 7.59. The molecule has 1 aliphatic carbocycles. The molecule has 120 valence electrons. The third-order valence-electron chi connectivity index (χ3n) is 4.52. The quantitative estimate of drug-likeness (QED) is 0.582. The third kappa shape index (κ3) is 3.28. The van der Waals surface area contributed by atoms with E-state index in [2.05, 4.69) is 28.1 Å². The van der Waals surface area contributed by atoms with E-state index in [9.17, 15) is 4.79 Å². The highest BCUT2D eigenvalue weighted by Crippen LogP contribution is 2.44. The van der Waals surface area contributed by atoms with Gasteiger partial charge < -0.3 is 4.90 Å². The van der Waals surface area contributed by atoms with Crippen LogP contribution in [0.1, 0.15) is 41.5 Å². The molecule has 0 heterocycles. The van der Waals surface area contributed by atoms with Crippen LogP contribution in [0.3, 0.4) is 0 Å². The molecule has 0 aliphatic heterocycles. The highest BCUT2D eigenvalue weighted by atomic mass is 79.9. The maximum absolute atomic E-state index is 11.2. The van der Waals surface area contributed by atoms with Gasteiger partial charge in [0.2, 0.25) is 6.41 Å². The van der Waals surface area contributed by atoms with Crippen LogP contribution in [0.15, 0.2) is 40.9 Å². The van der Waals surface area contributed by atoms with Crippen molar-refractivity contribution in [3.05, 3.63) is 67.6 Å². The van der Waals surface area contributed by atoms with Gasteiger partial charge in [0.25, 0.3) is 0 Å². The number of hydrogen-bond acceptors (Lipinski definition) is 1. The molecule has 2 nitrogen and oxygen atoms in total. The fourth-order valence-corrected chi connectivity index (χ4v) is 4.04. The molecule has 2 aromatic rings. The molecular weight excluding hydrogens is 397 g/mol. The van der Waals surface area contributed by atoms with Gasteiger partial charge in [0.1, 0.15) is 0 Å². The number of fused-ring (bicyclic) bond motifs is 1. The van der Waals surface area contributed by atoms with Crippen LogP contribution in [0, 0.1) is 0 Å². The van der Waals surface area contributed by atoms with E-state index >= 15 is 0 Å². The van der Waals surface area contributed by atoms with Gasteiger partial charge in [0, 0.05) is 17.4 Å². The van der Waals surface area contributed by atoms with Crippen LogP contribution in [0.5, 0.6) is 0 Å². The van der Waals surface area contributed by atoms with Crippen molar-refractivity contribution >= 4 is 45.5 Å². The maximum Gasteiger partial charge on any atom is 0.209 e. The number of carbonyl (C=O) groups is 1. The van der Waals surface area contributed by atoms with Gasteiger partial charge in [-0.25, -0.2) is 0 Å². The Kier molecular flexibility index (Phi) is 5.00. The minimum atomic E-state index is 0.110. The van der Waals surface area contributed by atoms with E-state index < -0.39 is 0 Å². The van der Waals surface area contributed by atoms with E-state index in [0.717, 1.165) is 29.3 Å². The molecule has 0 unspecified atom stereocenters. The minimum absolute atomic E-state index is 0.110. The zero-order chi connectivity index (χ0) is 16.6. The standard InChI is InChI=1S/C18H16BrCl2NO/c1-22(10-23)18-7-5-13(11-2-6-16(20)17(21)8-11)14-4-3-12(19)9-15(14)18/h2-4,6,8-10,13,18H,5,7H2,1H3/t13-,18+/m0/s1. The van der Waals surface area contributed by atoms with Crippen molar-refractivity contribution in [3.8, 4) is 0 Å². The lowest BCUT2D eigenvalue weighted by Gasteiger charge is -2.35. The Bertz CT molecular complexity index is 750. The molecule has 2 atom stereocenters. The van der Waals surface area contributed by atoms with Gasteiger partial charge in [-0.05, 0) is 53.8 Å². The first kappa shape index (κ1) is 16.8. The summed E-state index contributed by atoms with van der Waals surface area (Å²) < 4.78 is 1.02. The molecule has 2 aromatic carbocycles. The molecule has 23 heavy (non-hydrogen) atoms. The Hall–Kier alpha value is -1.03. The second-order valence-electron chi connectivity index (χ2n) is 5.86. The second kappa shape index (κ2) is 6.84. The number of rotatable bonds is 3. The summed E-state index contributed by atoms with van der Waals surface area (Å²) >= 11 is 15.8. The summed E-state index contributed by atoms with van der Waals surface area (Å²) in [4.78, 5) is 13.0. The summed E-state index contributed by atoms with van der Waals surface area (Å²) in [6, 6.07) is 12.2. The number of nitrogens with zero attached hydrogens (tertiary/aromatic N) is 1. The molecule has 0 radical (unpaired) electrons. The predicted molar refractivity (Wildman–Crippen MR) is 98.2 cm³/mol. The first-order chi connectivity index (χ1) is 11.0. The monoisotopic (exact) mass is 411 g/mol. The highest BCUT2D eigenvalue weighted by Gasteiger charge is 2.30. The van der Waals surface area contributed by atoms with E-state index in [0.29, 0.717) is 10.0 Å². The highest BCUT2D eigenvalue weighted by molar-refractivity contribution is 9.10. The molecule has 0 N–H and O–H groups in total. The average Bonchev–Trinajstić information content (AvgIpc) is 2.55. The van der Waals surface area contributed by atoms with Crippen molar-refractivity contribution < 1.29 is 4.79 Å². The van der Waals surface area contributed by atoms with E-state index in [1.54, 1.807) is 4.90 Å². The molecule has 0 aromatic heterocycles.